The number of carbonyl (C=O) groups is 3. The van der Waals surface area contributed by atoms with Crippen LogP contribution in [0.4, 0.5) is 4.79 Å². The number of rotatable bonds is 10. The van der Waals surface area contributed by atoms with Crippen LogP contribution in [0.25, 0.3) is 0 Å². The molecule has 142 valence electrons. The van der Waals surface area contributed by atoms with Gasteiger partial charge in [-0.1, -0.05) is 43.2 Å². The van der Waals surface area contributed by atoms with Crippen LogP contribution in [-0.2, 0) is 20.9 Å². The van der Waals surface area contributed by atoms with Gasteiger partial charge in [0.25, 0.3) is 0 Å². The molecular formula is C18H25N3O5. The van der Waals surface area contributed by atoms with Crippen molar-refractivity contribution in [1.29, 1.82) is 0 Å². The highest BCUT2D eigenvalue weighted by atomic mass is 16.5. The number of carbonyl (C=O) groups excluding carboxylic acids is 3. The molecule has 0 aliphatic heterocycles. The van der Waals surface area contributed by atoms with E-state index in [1.807, 2.05) is 30.3 Å². The van der Waals surface area contributed by atoms with Crippen LogP contribution in [0.15, 0.2) is 30.3 Å². The van der Waals surface area contributed by atoms with Crippen molar-refractivity contribution >= 4 is 17.9 Å². The summed E-state index contributed by atoms with van der Waals surface area (Å²) in [5.41, 5.74) is 6.13. The monoisotopic (exact) mass is 363 g/mol. The van der Waals surface area contributed by atoms with Crippen molar-refractivity contribution in [3.63, 3.8) is 0 Å². The number of nitrogens with two attached hydrogens (primary N) is 1. The van der Waals surface area contributed by atoms with E-state index in [0.717, 1.165) is 18.4 Å². The number of primary amides is 1. The van der Waals surface area contributed by atoms with Gasteiger partial charge in [-0.15, -0.1) is 0 Å². The Labute approximate surface area is 152 Å². The van der Waals surface area contributed by atoms with Gasteiger partial charge in [0.2, 0.25) is 11.8 Å². The fraction of sp³-hybridized carbons (Fsp3) is 0.500. The van der Waals surface area contributed by atoms with E-state index in [1.165, 1.54) is 0 Å². The van der Waals surface area contributed by atoms with E-state index in [-0.39, 0.29) is 19.6 Å². The first-order valence-corrected chi connectivity index (χ1v) is 8.65. The molecule has 1 aromatic carbocycles. The maximum atomic E-state index is 11.9. The zero-order valence-electron chi connectivity index (χ0n) is 14.5. The SMILES string of the molecule is NC(=O)[C@@H](CC1CC1)NC(=O)C[C@@H](O)CNC(=O)OCc1ccccc1. The lowest BCUT2D eigenvalue weighted by molar-refractivity contribution is -0.128. The van der Waals surface area contributed by atoms with Gasteiger partial charge in [-0.05, 0) is 17.9 Å². The van der Waals surface area contributed by atoms with Crippen molar-refractivity contribution in [1.82, 2.24) is 10.6 Å². The Morgan fingerprint density at radius 3 is 2.54 bits per heavy atom. The second-order valence-corrected chi connectivity index (χ2v) is 6.50. The molecule has 0 spiro atoms. The highest BCUT2D eigenvalue weighted by Gasteiger charge is 2.29. The van der Waals surface area contributed by atoms with Crippen LogP contribution in [0.1, 0.15) is 31.2 Å². The molecule has 2 rings (SSSR count). The molecule has 0 radical (unpaired) electrons. The zero-order valence-corrected chi connectivity index (χ0v) is 14.5. The summed E-state index contributed by atoms with van der Waals surface area (Å²) >= 11 is 0. The smallest absolute Gasteiger partial charge is 0.407 e. The Bertz CT molecular complexity index is 619. The van der Waals surface area contributed by atoms with Crippen LogP contribution < -0.4 is 16.4 Å². The van der Waals surface area contributed by atoms with E-state index < -0.39 is 30.1 Å². The minimum atomic E-state index is -1.09. The number of amides is 3. The molecule has 8 nitrogen and oxygen atoms in total. The summed E-state index contributed by atoms with van der Waals surface area (Å²) in [6.07, 6.45) is 0.592. The normalized spacial score (nSPS) is 15.6. The molecule has 8 heteroatoms. The van der Waals surface area contributed by atoms with Crippen molar-refractivity contribution in [3.8, 4) is 0 Å². The number of nitrogens with one attached hydrogen (secondary N) is 2. The summed E-state index contributed by atoms with van der Waals surface area (Å²) in [7, 11) is 0. The maximum Gasteiger partial charge on any atom is 0.407 e. The van der Waals surface area contributed by atoms with Crippen LogP contribution in [0.3, 0.4) is 0 Å². The molecule has 1 aliphatic carbocycles. The van der Waals surface area contributed by atoms with Crippen molar-refractivity contribution < 1.29 is 24.2 Å². The molecule has 1 aromatic rings. The molecule has 2 atom stereocenters. The zero-order chi connectivity index (χ0) is 18.9. The number of hydrogen-bond acceptors (Lipinski definition) is 5. The Morgan fingerprint density at radius 2 is 1.92 bits per heavy atom. The molecule has 0 saturated heterocycles. The van der Waals surface area contributed by atoms with Crippen molar-refractivity contribution in [2.75, 3.05) is 6.54 Å². The number of aliphatic hydroxyl groups excluding tert-OH is 1. The Balaban J connectivity index is 1.63. The fourth-order valence-corrected chi connectivity index (χ4v) is 2.45. The minimum Gasteiger partial charge on any atom is -0.445 e. The van der Waals surface area contributed by atoms with E-state index in [2.05, 4.69) is 10.6 Å². The first kappa shape index (κ1) is 19.7. The lowest BCUT2D eigenvalue weighted by Crippen LogP contribution is -2.46. The second-order valence-electron chi connectivity index (χ2n) is 6.50. The van der Waals surface area contributed by atoms with Gasteiger partial charge in [-0.3, -0.25) is 9.59 Å². The van der Waals surface area contributed by atoms with Gasteiger partial charge in [-0.25, -0.2) is 4.79 Å². The molecule has 1 fully saturated rings. The molecule has 26 heavy (non-hydrogen) atoms. The minimum absolute atomic E-state index is 0.116. The topological polar surface area (TPSA) is 131 Å². The van der Waals surface area contributed by atoms with Crippen molar-refractivity contribution in [2.24, 2.45) is 11.7 Å². The number of benzene rings is 1. The summed E-state index contributed by atoms with van der Waals surface area (Å²) < 4.78 is 5.01. The highest BCUT2D eigenvalue weighted by Crippen LogP contribution is 2.33. The summed E-state index contributed by atoms with van der Waals surface area (Å²) in [4.78, 5) is 34.9. The van der Waals surface area contributed by atoms with Gasteiger partial charge in [0.05, 0.1) is 12.5 Å². The third kappa shape index (κ3) is 7.52. The van der Waals surface area contributed by atoms with Gasteiger partial charge in [0.15, 0.2) is 0 Å². The van der Waals surface area contributed by atoms with Crippen LogP contribution in [-0.4, -0.2) is 41.7 Å². The van der Waals surface area contributed by atoms with Crippen LogP contribution in [0.2, 0.25) is 0 Å². The lowest BCUT2D eigenvalue weighted by atomic mass is 10.1. The van der Waals surface area contributed by atoms with Crippen molar-refractivity contribution in [3.05, 3.63) is 35.9 Å². The van der Waals surface area contributed by atoms with E-state index in [0.29, 0.717) is 12.3 Å². The summed E-state index contributed by atoms with van der Waals surface area (Å²) in [6.45, 7) is -0.0182. The van der Waals surface area contributed by atoms with Crippen molar-refractivity contribution in [2.45, 2.75) is 44.4 Å². The van der Waals surface area contributed by atoms with Gasteiger partial charge in [-0.2, -0.15) is 0 Å². The van der Waals surface area contributed by atoms with Gasteiger partial charge < -0.3 is 26.2 Å². The van der Waals surface area contributed by atoms with E-state index >= 15 is 0 Å². The summed E-state index contributed by atoms with van der Waals surface area (Å²) in [6, 6.07) is 8.46. The van der Waals surface area contributed by atoms with Crippen LogP contribution in [0.5, 0.6) is 0 Å². The van der Waals surface area contributed by atoms with Gasteiger partial charge in [0.1, 0.15) is 12.6 Å². The number of ether oxygens (including phenoxy) is 1. The molecule has 0 aromatic heterocycles. The van der Waals surface area contributed by atoms with Gasteiger partial charge in [0, 0.05) is 6.54 Å². The third-order valence-corrected chi connectivity index (χ3v) is 4.06. The largest absolute Gasteiger partial charge is 0.445 e. The number of alkyl carbamates (subject to hydrolysis) is 1. The molecule has 0 heterocycles. The average molecular weight is 363 g/mol. The quantitative estimate of drug-likeness (QED) is 0.479. The van der Waals surface area contributed by atoms with E-state index in [1.54, 1.807) is 0 Å². The van der Waals surface area contributed by atoms with E-state index in [9.17, 15) is 19.5 Å². The average Bonchev–Trinajstić information content (AvgIpc) is 3.42. The molecular weight excluding hydrogens is 338 g/mol. The molecule has 1 aliphatic rings. The van der Waals surface area contributed by atoms with Crippen LogP contribution >= 0.6 is 0 Å². The van der Waals surface area contributed by atoms with Crippen LogP contribution in [0, 0.1) is 5.92 Å². The highest BCUT2D eigenvalue weighted by molar-refractivity contribution is 5.86. The summed E-state index contributed by atoms with van der Waals surface area (Å²) in [5, 5.41) is 14.8. The van der Waals surface area contributed by atoms with Gasteiger partial charge >= 0.3 is 6.09 Å². The Kier molecular flexibility index (Phi) is 7.40. The first-order valence-electron chi connectivity index (χ1n) is 8.65. The summed E-state index contributed by atoms with van der Waals surface area (Å²) in [5.74, 6) is -0.637. The molecule has 0 unspecified atom stereocenters. The lowest BCUT2D eigenvalue weighted by Gasteiger charge is -2.17. The number of hydrogen-bond donors (Lipinski definition) is 4. The maximum absolute atomic E-state index is 11.9. The predicted molar refractivity (Wildman–Crippen MR) is 93.7 cm³/mol. The standard InChI is InChI=1S/C18H25N3O5/c19-17(24)15(8-12-6-7-12)21-16(23)9-14(22)10-20-18(25)26-11-13-4-2-1-3-5-13/h1-5,12,14-15,22H,6-11H2,(H2,19,24)(H,20,25)(H,21,23)/t14-,15-/m1/s1. The Hall–Kier alpha value is -2.61. The number of aliphatic hydroxyl groups is 1. The molecule has 3 amide bonds. The second kappa shape index (κ2) is 9.76. The fourth-order valence-electron chi connectivity index (χ4n) is 2.45. The molecule has 1 saturated carbocycles. The van der Waals surface area contributed by atoms with E-state index in [4.69, 9.17) is 10.5 Å². The predicted octanol–water partition coefficient (Wildman–Crippen LogP) is 0.434. The molecule has 5 N–H and O–H groups in total. The third-order valence-electron chi connectivity index (χ3n) is 4.06. The first-order chi connectivity index (χ1) is 12.4. The Morgan fingerprint density at radius 1 is 1.23 bits per heavy atom. The molecule has 0 bridgehead atoms.